The van der Waals surface area contributed by atoms with Crippen LogP contribution in [0.15, 0.2) is 30.5 Å². The molecule has 2 aliphatic rings. The molecule has 2 N–H and O–H groups in total. The van der Waals surface area contributed by atoms with Gasteiger partial charge in [-0.1, -0.05) is 12.1 Å². The summed E-state index contributed by atoms with van der Waals surface area (Å²) in [6.07, 6.45) is 4.11. The number of hydrogen-bond donors (Lipinski definition) is 2. The van der Waals surface area contributed by atoms with Gasteiger partial charge in [-0.3, -0.25) is 4.90 Å². The lowest BCUT2D eigenvalue weighted by Gasteiger charge is -2.41. The Labute approximate surface area is 141 Å². The molecule has 24 heavy (non-hydrogen) atoms. The molecule has 5 nitrogen and oxygen atoms in total. The summed E-state index contributed by atoms with van der Waals surface area (Å²) in [5.41, 5.74) is 1.67. The van der Waals surface area contributed by atoms with E-state index in [1.165, 1.54) is 12.1 Å². The zero-order valence-corrected chi connectivity index (χ0v) is 13.7. The molecule has 3 heterocycles. The number of nitrogens with zero attached hydrogens (tertiary/aromatic N) is 2. The Bertz CT molecular complexity index is 683. The first kappa shape index (κ1) is 15.7. The molecule has 2 aliphatic heterocycles. The van der Waals surface area contributed by atoms with Crippen molar-refractivity contribution < 1.29 is 9.13 Å². The molecular formula is C18H23FN4O. The van der Waals surface area contributed by atoms with Gasteiger partial charge in [-0.05, 0) is 38.1 Å². The number of morpholine rings is 1. The van der Waals surface area contributed by atoms with Crippen LogP contribution in [0.25, 0.3) is 11.3 Å². The summed E-state index contributed by atoms with van der Waals surface area (Å²) in [6.45, 7) is 4.51. The second-order valence-electron chi connectivity index (χ2n) is 6.50. The van der Waals surface area contributed by atoms with Crippen LogP contribution in [-0.2, 0) is 4.74 Å². The van der Waals surface area contributed by atoms with Crippen molar-refractivity contribution in [3.63, 3.8) is 0 Å². The van der Waals surface area contributed by atoms with Crippen molar-refractivity contribution in [3.05, 3.63) is 42.1 Å². The Morgan fingerprint density at radius 3 is 2.96 bits per heavy atom. The molecule has 0 radical (unpaired) electrons. The molecule has 6 heteroatoms. The molecule has 4 rings (SSSR count). The Morgan fingerprint density at radius 2 is 2.12 bits per heavy atom. The molecule has 0 spiro atoms. The predicted molar refractivity (Wildman–Crippen MR) is 90.1 cm³/mol. The third kappa shape index (κ3) is 3.22. The van der Waals surface area contributed by atoms with Crippen molar-refractivity contribution in [2.45, 2.75) is 24.9 Å². The van der Waals surface area contributed by atoms with E-state index in [2.05, 4.69) is 20.2 Å². The van der Waals surface area contributed by atoms with Gasteiger partial charge in [0, 0.05) is 18.2 Å². The molecule has 0 amide bonds. The van der Waals surface area contributed by atoms with Crippen LogP contribution in [0.4, 0.5) is 4.39 Å². The number of piperidine rings is 1. The van der Waals surface area contributed by atoms with E-state index >= 15 is 0 Å². The largest absolute Gasteiger partial charge is 0.378 e. The molecule has 1 aromatic carbocycles. The van der Waals surface area contributed by atoms with E-state index in [4.69, 9.17) is 4.74 Å². The molecule has 0 aliphatic carbocycles. The number of ether oxygens (including phenoxy) is 1. The summed E-state index contributed by atoms with van der Waals surface area (Å²) in [4.78, 5) is 10.5. The van der Waals surface area contributed by atoms with Gasteiger partial charge in [0.15, 0.2) is 0 Å². The van der Waals surface area contributed by atoms with Gasteiger partial charge in [0.05, 0.1) is 31.1 Å². The number of aromatic amines is 1. The lowest BCUT2D eigenvalue weighted by atomic mass is 10.0. The van der Waals surface area contributed by atoms with Crippen LogP contribution in [-0.4, -0.2) is 53.8 Å². The second kappa shape index (κ2) is 7.01. The van der Waals surface area contributed by atoms with Crippen molar-refractivity contribution in [3.8, 4) is 11.3 Å². The molecule has 1 aromatic heterocycles. The molecule has 2 saturated heterocycles. The SMILES string of the molecule is Fc1cccc(-c2cnc(C3COCCN3C3CCNCC3)[nH]2)c1. The van der Waals surface area contributed by atoms with Crippen LogP contribution in [0.5, 0.6) is 0 Å². The number of benzene rings is 1. The van der Waals surface area contributed by atoms with Crippen LogP contribution in [0.3, 0.4) is 0 Å². The number of rotatable bonds is 3. The zero-order valence-electron chi connectivity index (χ0n) is 13.7. The number of imidazole rings is 1. The van der Waals surface area contributed by atoms with Gasteiger partial charge >= 0.3 is 0 Å². The average Bonchev–Trinajstić information content (AvgIpc) is 3.12. The van der Waals surface area contributed by atoms with Crippen molar-refractivity contribution in [2.75, 3.05) is 32.8 Å². The first-order valence-corrected chi connectivity index (χ1v) is 8.66. The van der Waals surface area contributed by atoms with Gasteiger partial charge in [-0.25, -0.2) is 9.37 Å². The van der Waals surface area contributed by atoms with Crippen molar-refractivity contribution in [2.24, 2.45) is 0 Å². The zero-order chi connectivity index (χ0) is 16.4. The minimum atomic E-state index is -0.235. The fourth-order valence-corrected chi connectivity index (χ4v) is 3.74. The van der Waals surface area contributed by atoms with Crippen LogP contribution < -0.4 is 5.32 Å². The number of halogens is 1. The summed E-state index contributed by atoms with van der Waals surface area (Å²) in [5, 5.41) is 3.42. The Morgan fingerprint density at radius 1 is 1.25 bits per heavy atom. The molecule has 1 unspecified atom stereocenters. The molecule has 2 aromatic rings. The van der Waals surface area contributed by atoms with Gasteiger partial charge in [-0.2, -0.15) is 0 Å². The fraction of sp³-hybridized carbons (Fsp3) is 0.500. The fourth-order valence-electron chi connectivity index (χ4n) is 3.74. The molecule has 0 saturated carbocycles. The van der Waals surface area contributed by atoms with E-state index in [0.29, 0.717) is 12.6 Å². The first-order valence-electron chi connectivity index (χ1n) is 8.66. The maximum atomic E-state index is 13.5. The number of nitrogens with one attached hydrogen (secondary N) is 2. The smallest absolute Gasteiger partial charge is 0.126 e. The summed E-state index contributed by atoms with van der Waals surface area (Å²) in [7, 11) is 0. The normalized spacial score (nSPS) is 23.5. The Kier molecular flexibility index (Phi) is 4.60. The van der Waals surface area contributed by atoms with E-state index in [0.717, 1.165) is 56.2 Å². The highest BCUT2D eigenvalue weighted by Crippen LogP contribution is 2.29. The molecule has 1 atom stereocenters. The van der Waals surface area contributed by atoms with Gasteiger partial charge in [0.25, 0.3) is 0 Å². The lowest BCUT2D eigenvalue weighted by molar-refractivity contribution is -0.0387. The minimum Gasteiger partial charge on any atom is -0.378 e. The van der Waals surface area contributed by atoms with Gasteiger partial charge < -0.3 is 15.0 Å². The summed E-state index contributed by atoms with van der Waals surface area (Å²) in [6, 6.07) is 7.30. The Hall–Kier alpha value is -1.76. The number of H-pyrrole nitrogens is 1. The summed E-state index contributed by atoms with van der Waals surface area (Å²) in [5.74, 6) is 0.675. The van der Waals surface area contributed by atoms with E-state index in [-0.39, 0.29) is 11.9 Å². The predicted octanol–water partition coefficient (Wildman–Crippen LogP) is 2.34. The number of aromatic nitrogens is 2. The van der Waals surface area contributed by atoms with Crippen molar-refractivity contribution >= 4 is 0 Å². The van der Waals surface area contributed by atoms with E-state index in [1.54, 1.807) is 12.3 Å². The maximum Gasteiger partial charge on any atom is 0.126 e. The van der Waals surface area contributed by atoms with E-state index in [1.807, 2.05) is 6.07 Å². The van der Waals surface area contributed by atoms with Crippen molar-refractivity contribution in [1.29, 1.82) is 0 Å². The third-order valence-corrected chi connectivity index (χ3v) is 4.99. The molecule has 0 bridgehead atoms. The first-order chi connectivity index (χ1) is 11.8. The molecule has 2 fully saturated rings. The quantitative estimate of drug-likeness (QED) is 0.907. The average molecular weight is 330 g/mol. The van der Waals surface area contributed by atoms with Gasteiger partial charge in [0.2, 0.25) is 0 Å². The minimum absolute atomic E-state index is 0.143. The van der Waals surface area contributed by atoms with Crippen LogP contribution >= 0.6 is 0 Å². The highest BCUT2D eigenvalue weighted by Gasteiger charge is 2.32. The maximum absolute atomic E-state index is 13.5. The van der Waals surface area contributed by atoms with Gasteiger partial charge in [0.1, 0.15) is 11.6 Å². The summed E-state index contributed by atoms with van der Waals surface area (Å²) < 4.78 is 19.2. The van der Waals surface area contributed by atoms with Crippen LogP contribution in [0.2, 0.25) is 0 Å². The van der Waals surface area contributed by atoms with E-state index in [9.17, 15) is 4.39 Å². The van der Waals surface area contributed by atoms with Crippen LogP contribution in [0.1, 0.15) is 24.7 Å². The summed E-state index contributed by atoms with van der Waals surface area (Å²) >= 11 is 0. The lowest BCUT2D eigenvalue weighted by Crippen LogP contribution is -2.49. The van der Waals surface area contributed by atoms with Crippen LogP contribution in [0, 0.1) is 5.82 Å². The molecular weight excluding hydrogens is 307 g/mol. The standard InChI is InChI=1S/C18H23FN4O/c19-14-3-1-2-13(10-14)16-11-21-18(22-16)17-12-24-9-8-23(17)15-4-6-20-7-5-15/h1-3,10-11,15,17,20H,4-9,12H2,(H,21,22). The highest BCUT2D eigenvalue weighted by atomic mass is 19.1. The van der Waals surface area contributed by atoms with Gasteiger partial charge in [-0.15, -0.1) is 0 Å². The highest BCUT2D eigenvalue weighted by molar-refractivity contribution is 5.58. The third-order valence-electron chi connectivity index (χ3n) is 4.99. The van der Waals surface area contributed by atoms with E-state index < -0.39 is 0 Å². The topological polar surface area (TPSA) is 53.2 Å². The Balaban J connectivity index is 1.57. The number of hydrogen-bond acceptors (Lipinski definition) is 4. The second-order valence-corrected chi connectivity index (χ2v) is 6.50. The molecule has 128 valence electrons. The van der Waals surface area contributed by atoms with Crippen molar-refractivity contribution in [1.82, 2.24) is 20.2 Å². The monoisotopic (exact) mass is 330 g/mol.